The summed E-state index contributed by atoms with van der Waals surface area (Å²) < 4.78 is 18.3. The van der Waals surface area contributed by atoms with E-state index in [-0.39, 0.29) is 0 Å². The van der Waals surface area contributed by atoms with Crippen LogP contribution in [0.25, 0.3) is 0 Å². The normalized spacial score (nSPS) is 17.8. The molecule has 1 aliphatic rings. The summed E-state index contributed by atoms with van der Waals surface area (Å²) in [5.41, 5.74) is 0. The van der Waals surface area contributed by atoms with E-state index in [9.17, 15) is 0 Å². The average molecular weight is 206 g/mol. The summed E-state index contributed by atoms with van der Waals surface area (Å²) in [5.74, 6) is 0. The van der Waals surface area contributed by atoms with Crippen molar-refractivity contribution in [3.63, 3.8) is 0 Å². The van der Waals surface area contributed by atoms with E-state index in [2.05, 4.69) is 26.7 Å². The van der Waals surface area contributed by atoms with Crippen molar-refractivity contribution in [3.8, 4) is 0 Å². The maximum Gasteiger partial charge on any atom is 0.317 e. The van der Waals surface area contributed by atoms with Crippen LogP contribution in [0.5, 0.6) is 0 Å². The summed E-state index contributed by atoms with van der Waals surface area (Å²) in [6.45, 7) is 2.50. The molecular weight excluding hydrogens is 197 g/mol. The minimum atomic E-state index is -3.72. The molecule has 0 atom stereocenters. The Morgan fingerprint density at radius 3 is 1.50 bits per heavy atom. The van der Waals surface area contributed by atoms with Crippen LogP contribution in [0.15, 0.2) is 0 Å². The molecule has 6 heteroatoms. The largest absolute Gasteiger partial charge is 0.317 e. The zero-order valence-corrected chi connectivity index (χ0v) is 7.64. The van der Waals surface area contributed by atoms with Gasteiger partial charge in [0.1, 0.15) is 0 Å². The van der Waals surface area contributed by atoms with Crippen LogP contribution in [0.2, 0.25) is 0 Å². The van der Waals surface area contributed by atoms with E-state index >= 15 is 0 Å². The predicted molar refractivity (Wildman–Crippen MR) is 42.7 cm³/mol. The second kappa shape index (κ2) is 5.18. The fourth-order valence-corrected chi connectivity index (χ4v) is 0.625. The van der Waals surface area contributed by atoms with Crippen LogP contribution in [0.4, 0.5) is 0 Å². The van der Waals surface area contributed by atoms with Gasteiger partial charge in [-0.25, -0.2) is 0 Å². The molecule has 0 saturated carbocycles. The summed E-state index contributed by atoms with van der Waals surface area (Å²) in [4.78, 5) is 0. The zero-order chi connectivity index (χ0) is 8.04. The SMILES string of the molecule is C1CCNC1.O=S(=O)(Cl)Cl. The number of halogens is 2. The van der Waals surface area contributed by atoms with E-state index < -0.39 is 8.26 Å². The molecule has 1 N–H and O–H groups in total. The highest BCUT2D eigenvalue weighted by atomic mass is 36.0. The van der Waals surface area contributed by atoms with E-state index in [0.29, 0.717) is 0 Å². The third kappa shape index (κ3) is 15.8. The molecule has 0 spiro atoms. The third-order valence-electron chi connectivity index (χ3n) is 0.957. The predicted octanol–water partition coefficient (Wildman–Crippen LogP) is 1.08. The minimum absolute atomic E-state index is 1.25. The second-order valence-electron chi connectivity index (χ2n) is 1.84. The summed E-state index contributed by atoms with van der Waals surface area (Å²) in [7, 11) is 4.81. The molecule has 0 aromatic heterocycles. The molecule has 1 heterocycles. The van der Waals surface area contributed by atoms with Gasteiger partial charge < -0.3 is 5.32 Å². The lowest BCUT2D eigenvalue weighted by Crippen LogP contribution is -2.03. The summed E-state index contributed by atoms with van der Waals surface area (Å²) in [6.07, 6.45) is 2.78. The van der Waals surface area contributed by atoms with Crippen LogP contribution in [0.1, 0.15) is 12.8 Å². The van der Waals surface area contributed by atoms with Crippen molar-refractivity contribution in [1.82, 2.24) is 5.32 Å². The van der Waals surface area contributed by atoms with Crippen molar-refractivity contribution in [3.05, 3.63) is 0 Å². The van der Waals surface area contributed by atoms with Gasteiger partial charge in [-0.05, 0) is 25.9 Å². The molecule has 1 aliphatic heterocycles. The van der Waals surface area contributed by atoms with Gasteiger partial charge in [0.25, 0.3) is 0 Å². The van der Waals surface area contributed by atoms with Crippen LogP contribution in [0, 0.1) is 0 Å². The van der Waals surface area contributed by atoms with Gasteiger partial charge in [0.15, 0.2) is 0 Å². The molecule has 0 bridgehead atoms. The Hall–Kier alpha value is 0.490. The van der Waals surface area contributed by atoms with E-state index in [1.54, 1.807) is 0 Å². The van der Waals surface area contributed by atoms with E-state index in [1.807, 2.05) is 0 Å². The Bertz CT molecular complexity index is 148. The average Bonchev–Trinajstić information content (AvgIpc) is 2.07. The van der Waals surface area contributed by atoms with E-state index in [1.165, 1.54) is 25.9 Å². The molecule has 1 fully saturated rings. The first-order chi connectivity index (χ1) is 4.50. The molecule has 62 valence electrons. The lowest BCUT2D eigenvalue weighted by molar-refractivity contribution is 0.621. The Labute approximate surface area is 69.6 Å². The van der Waals surface area contributed by atoms with E-state index in [0.717, 1.165) is 0 Å². The molecule has 1 saturated heterocycles. The topological polar surface area (TPSA) is 46.2 Å². The molecule has 0 amide bonds. The summed E-state index contributed by atoms with van der Waals surface area (Å²) in [6, 6.07) is 0. The highest BCUT2D eigenvalue weighted by molar-refractivity contribution is 8.31. The van der Waals surface area contributed by atoms with Crippen molar-refractivity contribution in [1.29, 1.82) is 0 Å². The Balaban J connectivity index is 0.000000162. The maximum atomic E-state index is 9.16. The van der Waals surface area contributed by atoms with Crippen LogP contribution >= 0.6 is 21.4 Å². The number of hydrogen-bond donors (Lipinski definition) is 1. The lowest BCUT2D eigenvalue weighted by atomic mass is 10.4. The smallest absolute Gasteiger partial charge is 0.317 e. The lowest BCUT2D eigenvalue weighted by Gasteiger charge is -1.76. The molecular formula is C4H9Cl2NO2S. The van der Waals surface area contributed by atoms with Crippen molar-refractivity contribution < 1.29 is 8.42 Å². The molecule has 10 heavy (non-hydrogen) atoms. The minimum Gasteiger partial charge on any atom is -0.317 e. The molecule has 0 unspecified atom stereocenters. The van der Waals surface area contributed by atoms with Gasteiger partial charge >= 0.3 is 8.26 Å². The van der Waals surface area contributed by atoms with Crippen LogP contribution in [-0.4, -0.2) is 21.5 Å². The monoisotopic (exact) mass is 205 g/mol. The van der Waals surface area contributed by atoms with Gasteiger partial charge in [0.2, 0.25) is 0 Å². The van der Waals surface area contributed by atoms with Crippen molar-refractivity contribution in [2.75, 3.05) is 13.1 Å². The van der Waals surface area contributed by atoms with Crippen molar-refractivity contribution in [2.45, 2.75) is 12.8 Å². The first-order valence-corrected chi connectivity index (χ1v) is 5.98. The summed E-state index contributed by atoms with van der Waals surface area (Å²) in [5, 5.41) is 3.22. The first kappa shape index (κ1) is 10.5. The van der Waals surface area contributed by atoms with Crippen LogP contribution < -0.4 is 5.32 Å². The van der Waals surface area contributed by atoms with Gasteiger partial charge in [-0.15, -0.1) is 0 Å². The van der Waals surface area contributed by atoms with E-state index in [4.69, 9.17) is 8.42 Å². The molecule has 1 rings (SSSR count). The van der Waals surface area contributed by atoms with Crippen LogP contribution in [-0.2, 0) is 8.26 Å². The Morgan fingerprint density at radius 1 is 1.10 bits per heavy atom. The molecule has 0 aromatic rings. The fraction of sp³-hybridized carbons (Fsp3) is 1.00. The van der Waals surface area contributed by atoms with Gasteiger partial charge in [-0.1, -0.05) is 0 Å². The second-order valence-corrected chi connectivity index (χ2v) is 5.50. The highest BCUT2D eigenvalue weighted by Gasteiger charge is 1.93. The van der Waals surface area contributed by atoms with Gasteiger partial charge in [-0.3, -0.25) is 0 Å². The standard InChI is InChI=1S/C4H9N.Cl2O2S/c1-2-4-5-3-1;1-5(2,3)4/h5H,1-4H2;. The molecule has 3 nitrogen and oxygen atoms in total. The van der Waals surface area contributed by atoms with Crippen molar-refractivity contribution >= 4 is 29.6 Å². The van der Waals surface area contributed by atoms with Crippen LogP contribution in [0.3, 0.4) is 0 Å². The maximum absolute atomic E-state index is 9.16. The quantitative estimate of drug-likeness (QED) is 0.603. The zero-order valence-electron chi connectivity index (χ0n) is 5.31. The molecule has 0 aromatic carbocycles. The first-order valence-electron chi connectivity index (χ1n) is 2.85. The number of rotatable bonds is 0. The Kier molecular flexibility index (Phi) is 5.44. The van der Waals surface area contributed by atoms with Crippen molar-refractivity contribution in [2.24, 2.45) is 0 Å². The van der Waals surface area contributed by atoms with Gasteiger partial charge in [-0.2, -0.15) is 8.42 Å². The fourth-order valence-electron chi connectivity index (χ4n) is 0.625. The summed E-state index contributed by atoms with van der Waals surface area (Å²) >= 11 is 0. The number of nitrogens with one attached hydrogen (secondary N) is 1. The number of hydrogen-bond acceptors (Lipinski definition) is 3. The molecule has 0 radical (unpaired) electrons. The Morgan fingerprint density at radius 2 is 1.40 bits per heavy atom. The van der Waals surface area contributed by atoms with Gasteiger partial charge in [0.05, 0.1) is 0 Å². The van der Waals surface area contributed by atoms with Gasteiger partial charge in [0, 0.05) is 21.4 Å². The third-order valence-corrected chi connectivity index (χ3v) is 0.957. The highest BCUT2D eigenvalue weighted by Crippen LogP contribution is 1.98. The molecule has 0 aliphatic carbocycles.